The largest absolute Gasteiger partial charge is 0.405 e. The molecule has 0 saturated heterocycles. The lowest BCUT2D eigenvalue weighted by atomic mass is 10.4. The number of aromatic nitrogens is 2. The Morgan fingerprint density at radius 2 is 2.31 bits per heavy atom. The molecule has 13 heavy (non-hydrogen) atoms. The third kappa shape index (κ3) is 2.08. The van der Waals surface area contributed by atoms with Gasteiger partial charge in [-0.05, 0) is 19.2 Å². The molecule has 0 atom stereocenters. The SMILES string of the molecule is Cc1cn(CC=CN)c(=O)[nH]c1=O. The van der Waals surface area contributed by atoms with Gasteiger partial charge in [0.1, 0.15) is 0 Å². The summed E-state index contributed by atoms with van der Waals surface area (Å²) < 4.78 is 1.38. The number of allylic oxidation sites excluding steroid dienone is 1. The van der Waals surface area contributed by atoms with E-state index in [-0.39, 0.29) is 5.56 Å². The van der Waals surface area contributed by atoms with Crippen molar-refractivity contribution in [1.82, 2.24) is 9.55 Å². The number of nitrogens with one attached hydrogen (secondary N) is 1. The molecule has 1 aromatic heterocycles. The van der Waals surface area contributed by atoms with Gasteiger partial charge in [0.15, 0.2) is 0 Å². The highest BCUT2D eigenvalue weighted by molar-refractivity contribution is 5.01. The van der Waals surface area contributed by atoms with Crippen LogP contribution >= 0.6 is 0 Å². The van der Waals surface area contributed by atoms with Crippen molar-refractivity contribution >= 4 is 0 Å². The summed E-state index contributed by atoms with van der Waals surface area (Å²) in [5.41, 5.74) is 4.86. The molecule has 5 nitrogen and oxygen atoms in total. The van der Waals surface area contributed by atoms with E-state index >= 15 is 0 Å². The van der Waals surface area contributed by atoms with Crippen molar-refractivity contribution in [1.29, 1.82) is 0 Å². The summed E-state index contributed by atoms with van der Waals surface area (Å²) in [4.78, 5) is 24.3. The van der Waals surface area contributed by atoms with Crippen molar-refractivity contribution in [2.24, 2.45) is 5.73 Å². The molecule has 0 spiro atoms. The molecule has 0 aliphatic carbocycles. The summed E-state index contributed by atoms with van der Waals surface area (Å²) in [7, 11) is 0. The molecule has 1 rings (SSSR count). The Morgan fingerprint density at radius 1 is 1.62 bits per heavy atom. The summed E-state index contributed by atoms with van der Waals surface area (Å²) in [5.74, 6) is 0. The van der Waals surface area contributed by atoms with Crippen molar-refractivity contribution < 1.29 is 0 Å². The Labute approximate surface area is 74.5 Å². The molecule has 0 amide bonds. The standard InChI is InChI=1S/C8H11N3O2/c1-6-5-11(4-2-3-9)8(13)10-7(6)12/h2-3,5H,4,9H2,1H3,(H,10,12,13). The van der Waals surface area contributed by atoms with Crippen LogP contribution < -0.4 is 17.0 Å². The normalized spacial score (nSPS) is 10.8. The van der Waals surface area contributed by atoms with Crippen LogP contribution in [0, 0.1) is 6.92 Å². The second-order valence-corrected chi connectivity index (χ2v) is 2.65. The lowest BCUT2D eigenvalue weighted by molar-refractivity contribution is 0.727. The molecular weight excluding hydrogens is 170 g/mol. The van der Waals surface area contributed by atoms with E-state index < -0.39 is 5.69 Å². The van der Waals surface area contributed by atoms with Gasteiger partial charge in [-0.15, -0.1) is 0 Å². The van der Waals surface area contributed by atoms with E-state index in [1.165, 1.54) is 17.0 Å². The van der Waals surface area contributed by atoms with E-state index in [0.29, 0.717) is 12.1 Å². The Hall–Kier alpha value is -1.78. The predicted molar refractivity (Wildman–Crippen MR) is 49.4 cm³/mol. The Morgan fingerprint density at radius 3 is 2.92 bits per heavy atom. The van der Waals surface area contributed by atoms with Crippen molar-refractivity contribution in [2.75, 3.05) is 0 Å². The number of aryl methyl sites for hydroxylation is 1. The average Bonchev–Trinajstić information content (AvgIpc) is 2.09. The molecule has 0 aliphatic heterocycles. The maximum Gasteiger partial charge on any atom is 0.328 e. The molecule has 5 heteroatoms. The number of hydrogen-bond donors (Lipinski definition) is 2. The monoisotopic (exact) mass is 181 g/mol. The van der Waals surface area contributed by atoms with E-state index in [9.17, 15) is 9.59 Å². The van der Waals surface area contributed by atoms with Gasteiger partial charge in [-0.25, -0.2) is 4.79 Å². The summed E-state index contributed by atoms with van der Waals surface area (Å²) in [6.45, 7) is 2.01. The quantitative estimate of drug-likeness (QED) is 0.634. The second kappa shape index (κ2) is 3.75. The first-order valence-electron chi connectivity index (χ1n) is 3.82. The van der Waals surface area contributed by atoms with Crippen LogP contribution in [0.4, 0.5) is 0 Å². The maximum absolute atomic E-state index is 11.1. The Balaban J connectivity index is 3.16. The first-order valence-corrected chi connectivity index (χ1v) is 3.82. The van der Waals surface area contributed by atoms with Gasteiger partial charge in [0.25, 0.3) is 5.56 Å². The van der Waals surface area contributed by atoms with Crippen LogP contribution in [0.3, 0.4) is 0 Å². The molecule has 1 aromatic rings. The van der Waals surface area contributed by atoms with Gasteiger partial charge >= 0.3 is 5.69 Å². The van der Waals surface area contributed by atoms with Crippen molar-refractivity contribution in [3.05, 3.63) is 44.9 Å². The smallest absolute Gasteiger partial charge is 0.328 e. The van der Waals surface area contributed by atoms with E-state index in [1.807, 2.05) is 0 Å². The predicted octanol–water partition coefficient (Wildman–Crippen LogP) is -0.683. The average molecular weight is 181 g/mol. The number of hydrogen-bond acceptors (Lipinski definition) is 3. The molecular formula is C8H11N3O2. The zero-order valence-electron chi connectivity index (χ0n) is 7.28. The molecule has 1 heterocycles. The van der Waals surface area contributed by atoms with Gasteiger partial charge in [0.2, 0.25) is 0 Å². The summed E-state index contributed by atoms with van der Waals surface area (Å²) in [5, 5.41) is 0. The van der Waals surface area contributed by atoms with Crippen LogP contribution in [-0.4, -0.2) is 9.55 Å². The van der Waals surface area contributed by atoms with Crippen LogP contribution in [0.25, 0.3) is 0 Å². The van der Waals surface area contributed by atoms with Gasteiger partial charge in [-0.3, -0.25) is 14.3 Å². The first kappa shape index (κ1) is 9.31. The molecule has 0 unspecified atom stereocenters. The van der Waals surface area contributed by atoms with Gasteiger partial charge in [0.05, 0.1) is 0 Å². The highest BCUT2D eigenvalue weighted by Crippen LogP contribution is 1.84. The first-order chi connectivity index (χ1) is 6.15. The minimum atomic E-state index is -0.422. The highest BCUT2D eigenvalue weighted by Gasteiger charge is 1.97. The Bertz CT molecular complexity index is 428. The van der Waals surface area contributed by atoms with Crippen LogP contribution in [0.15, 0.2) is 28.1 Å². The number of H-pyrrole nitrogens is 1. The summed E-state index contributed by atoms with van der Waals surface area (Å²) in [6.07, 6.45) is 4.48. The van der Waals surface area contributed by atoms with Gasteiger partial charge in [-0.2, -0.15) is 0 Å². The minimum Gasteiger partial charge on any atom is -0.405 e. The van der Waals surface area contributed by atoms with Crippen LogP contribution in [0.2, 0.25) is 0 Å². The molecule has 0 fully saturated rings. The summed E-state index contributed by atoms with van der Waals surface area (Å²) in [6, 6.07) is 0. The fourth-order valence-corrected chi connectivity index (χ4v) is 0.929. The van der Waals surface area contributed by atoms with Gasteiger partial charge in [0, 0.05) is 18.3 Å². The fourth-order valence-electron chi connectivity index (χ4n) is 0.929. The molecule has 3 N–H and O–H groups in total. The lowest BCUT2D eigenvalue weighted by Crippen LogP contribution is -2.30. The van der Waals surface area contributed by atoms with Gasteiger partial charge in [-0.1, -0.05) is 0 Å². The molecule has 70 valence electrons. The zero-order valence-corrected chi connectivity index (χ0v) is 7.28. The van der Waals surface area contributed by atoms with Crippen LogP contribution in [-0.2, 0) is 6.54 Å². The molecule has 0 aromatic carbocycles. The fraction of sp³-hybridized carbons (Fsp3) is 0.250. The number of nitrogens with zero attached hydrogens (tertiary/aromatic N) is 1. The third-order valence-electron chi connectivity index (χ3n) is 1.63. The lowest BCUT2D eigenvalue weighted by Gasteiger charge is -2.00. The maximum atomic E-state index is 11.1. The number of aromatic amines is 1. The molecule has 0 aliphatic rings. The van der Waals surface area contributed by atoms with Crippen LogP contribution in [0.1, 0.15) is 5.56 Å². The highest BCUT2D eigenvalue weighted by atomic mass is 16.2. The van der Waals surface area contributed by atoms with E-state index in [1.54, 1.807) is 13.0 Å². The number of rotatable bonds is 2. The van der Waals surface area contributed by atoms with E-state index in [2.05, 4.69) is 4.98 Å². The van der Waals surface area contributed by atoms with Crippen LogP contribution in [0.5, 0.6) is 0 Å². The molecule has 0 saturated carbocycles. The summed E-state index contributed by atoms with van der Waals surface area (Å²) >= 11 is 0. The van der Waals surface area contributed by atoms with Crippen molar-refractivity contribution in [3.63, 3.8) is 0 Å². The van der Waals surface area contributed by atoms with Crippen molar-refractivity contribution in [2.45, 2.75) is 13.5 Å². The second-order valence-electron chi connectivity index (χ2n) is 2.65. The van der Waals surface area contributed by atoms with E-state index in [4.69, 9.17) is 5.73 Å². The molecule has 0 radical (unpaired) electrons. The third-order valence-corrected chi connectivity index (χ3v) is 1.63. The number of nitrogens with two attached hydrogens (primary N) is 1. The van der Waals surface area contributed by atoms with E-state index in [0.717, 1.165) is 0 Å². The minimum absolute atomic E-state index is 0.349. The zero-order chi connectivity index (χ0) is 9.84. The van der Waals surface area contributed by atoms with Crippen molar-refractivity contribution in [3.8, 4) is 0 Å². The van der Waals surface area contributed by atoms with Gasteiger partial charge < -0.3 is 5.73 Å². The Kier molecular flexibility index (Phi) is 2.69. The molecule has 0 bridgehead atoms. The topological polar surface area (TPSA) is 80.9 Å².